The number of ether oxygens (including phenoxy) is 1. The monoisotopic (exact) mass is 487 g/mol. The molecule has 0 saturated heterocycles. The van der Waals surface area contributed by atoms with Gasteiger partial charge in [-0.3, -0.25) is 4.79 Å². The largest absolute Gasteiger partial charge is 0.467 e. The highest BCUT2D eigenvalue weighted by Gasteiger charge is 2.27. The number of amides is 1. The minimum Gasteiger partial charge on any atom is -0.467 e. The van der Waals surface area contributed by atoms with E-state index in [2.05, 4.69) is 4.98 Å². The molecule has 34 heavy (non-hydrogen) atoms. The van der Waals surface area contributed by atoms with Gasteiger partial charge in [-0.2, -0.15) is 0 Å². The van der Waals surface area contributed by atoms with Crippen LogP contribution in [0.3, 0.4) is 0 Å². The van der Waals surface area contributed by atoms with Crippen LogP contribution in [0.2, 0.25) is 0 Å². The van der Waals surface area contributed by atoms with Gasteiger partial charge in [0.15, 0.2) is 0 Å². The molecule has 0 aliphatic heterocycles. The lowest BCUT2D eigenvalue weighted by atomic mass is 9.91. The molecule has 0 aliphatic carbocycles. The zero-order chi connectivity index (χ0) is 24.8. The first-order valence-electron chi connectivity index (χ1n) is 11.2. The Morgan fingerprint density at radius 2 is 1.85 bits per heavy atom. The molecule has 0 fully saturated rings. The Hall–Kier alpha value is -2.91. The van der Waals surface area contributed by atoms with Gasteiger partial charge in [0.1, 0.15) is 5.76 Å². The van der Waals surface area contributed by atoms with Gasteiger partial charge in [-0.25, -0.2) is 13.4 Å². The highest BCUT2D eigenvalue weighted by molar-refractivity contribution is 7.90. The molecule has 0 unspecified atom stereocenters. The van der Waals surface area contributed by atoms with E-state index in [-0.39, 0.29) is 35.3 Å². The normalized spacial score (nSPS) is 12.1. The first-order chi connectivity index (χ1) is 16.1. The molecule has 1 amide bonds. The third-order valence-corrected chi connectivity index (χ3v) is 6.81. The van der Waals surface area contributed by atoms with Crippen molar-refractivity contribution in [2.45, 2.75) is 57.7 Å². The third-order valence-electron chi connectivity index (χ3n) is 5.21. The van der Waals surface area contributed by atoms with Crippen LogP contribution in [0.5, 0.6) is 0 Å². The van der Waals surface area contributed by atoms with Crippen molar-refractivity contribution in [3.05, 3.63) is 71.9 Å². The fourth-order valence-corrected chi connectivity index (χ4v) is 5.15. The summed E-state index contributed by atoms with van der Waals surface area (Å²) >= 11 is 0. The van der Waals surface area contributed by atoms with Crippen LogP contribution in [0.1, 0.15) is 44.2 Å². The van der Waals surface area contributed by atoms with Gasteiger partial charge in [-0.15, -0.1) is 0 Å². The first kappa shape index (κ1) is 25.7. The van der Waals surface area contributed by atoms with E-state index >= 15 is 0 Å². The topological polar surface area (TPSA) is 94.6 Å². The van der Waals surface area contributed by atoms with Gasteiger partial charge in [-0.05, 0) is 23.1 Å². The number of sulfone groups is 1. The van der Waals surface area contributed by atoms with Crippen LogP contribution in [0.25, 0.3) is 0 Å². The number of hydrogen-bond acceptors (Lipinski definition) is 6. The zero-order valence-corrected chi connectivity index (χ0v) is 21.0. The molecular weight excluding hydrogens is 454 g/mol. The summed E-state index contributed by atoms with van der Waals surface area (Å²) in [6.07, 6.45) is 3.45. The second-order valence-corrected chi connectivity index (χ2v) is 11.4. The molecule has 1 aromatic carbocycles. The summed E-state index contributed by atoms with van der Waals surface area (Å²) in [6, 6.07) is 12.6. The van der Waals surface area contributed by atoms with E-state index in [0.717, 1.165) is 0 Å². The molecular formula is C25H33N3O5S. The molecule has 9 heteroatoms. The number of nitrogens with zero attached hydrogens (tertiary/aromatic N) is 3. The Kier molecular flexibility index (Phi) is 8.33. The number of hydrogen-bond donors (Lipinski definition) is 0. The highest BCUT2D eigenvalue weighted by atomic mass is 32.2. The maximum absolute atomic E-state index is 13.2. The van der Waals surface area contributed by atoms with Gasteiger partial charge >= 0.3 is 0 Å². The van der Waals surface area contributed by atoms with Gasteiger partial charge in [0.25, 0.3) is 0 Å². The zero-order valence-electron chi connectivity index (χ0n) is 20.2. The molecule has 2 aromatic heterocycles. The number of methoxy groups -OCH3 is 1. The van der Waals surface area contributed by atoms with E-state index < -0.39 is 9.84 Å². The van der Waals surface area contributed by atoms with E-state index in [9.17, 15) is 13.2 Å². The number of furan rings is 1. The van der Waals surface area contributed by atoms with E-state index in [0.29, 0.717) is 36.6 Å². The summed E-state index contributed by atoms with van der Waals surface area (Å²) in [7, 11) is -2.15. The third kappa shape index (κ3) is 7.04. The van der Waals surface area contributed by atoms with Crippen molar-refractivity contribution in [2.75, 3.05) is 13.7 Å². The van der Waals surface area contributed by atoms with Crippen molar-refractivity contribution in [1.82, 2.24) is 14.5 Å². The Balaban J connectivity index is 1.92. The summed E-state index contributed by atoms with van der Waals surface area (Å²) in [5.41, 5.74) is 1.11. The Morgan fingerprint density at radius 1 is 1.12 bits per heavy atom. The minimum absolute atomic E-state index is 0.0235. The first-order valence-corrected chi connectivity index (χ1v) is 12.8. The van der Waals surface area contributed by atoms with E-state index in [1.54, 1.807) is 53.2 Å². The van der Waals surface area contributed by atoms with Crippen LogP contribution in [-0.4, -0.2) is 42.5 Å². The minimum atomic E-state index is -3.71. The van der Waals surface area contributed by atoms with Gasteiger partial charge < -0.3 is 18.6 Å². The average molecular weight is 488 g/mol. The van der Waals surface area contributed by atoms with E-state index in [1.807, 2.05) is 32.9 Å². The van der Waals surface area contributed by atoms with Crippen molar-refractivity contribution in [1.29, 1.82) is 0 Å². The van der Waals surface area contributed by atoms with Gasteiger partial charge in [0.2, 0.25) is 20.9 Å². The van der Waals surface area contributed by atoms with Crippen LogP contribution in [0.4, 0.5) is 0 Å². The Labute approximate surface area is 201 Å². The Morgan fingerprint density at radius 3 is 2.47 bits per heavy atom. The maximum atomic E-state index is 13.2. The molecule has 8 nitrogen and oxygen atoms in total. The predicted molar refractivity (Wildman–Crippen MR) is 128 cm³/mol. The molecule has 0 aliphatic rings. The van der Waals surface area contributed by atoms with Crippen molar-refractivity contribution in [3.8, 4) is 0 Å². The van der Waals surface area contributed by atoms with Gasteiger partial charge in [-0.1, -0.05) is 51.1 Å². The molecule has 184 valence electrons. The molecule has 3 aromatic rings. The quantitative estimate of drug-likeness (QED) is 0.405. The fourth-order valence-electron chi connectivity index (χ4n) is 3.63. The molecule has 0 spiro atoms. The summed E-state index contributed by atoms with van der Waals surface area (Å²) in [4.78, 5) is 19.1. The average Bonchev–Trinajstić information content (AvgIpc) is 3.41. The molecule has 0 N–H and O–H groups in total. The molecule has 0 atom stereocenters. The van der Waals surface area contributed by atoms with E-state index in [1.165, 1.54) is 6.20 Å². The summed E-state index contributed by atoms with van der Waals surface area (Å²) < 4.78 is 38.8. The number of carbonyl (C=O) groups excluding carboxylic acids is 1. The van der Waals surface area contributed by atoms with Crippen LogP contribution < -0.4 is 0 Å². The van der Waals surface area contributed by atoms with Gasteiger partial charge in [0, 0.05) is 20.1 Å². The number of benzene rings is 1. The molecule has 3 rings (SSSR count). The summed E-state index contributed by atoms with van der Waals surface area (Å²) in [5.74, 6) is 0.454. The SMILES string of the molecule is COCCn1c(CN(Cc2ccco2)C(=O)CC(C)(C)C)cnc1S(=O)(=O)Cc1ccccc1. The molecule has 0 bridgehead atoms. The van der Waals surface area contributed by atoms with Crippen molar-refractivity contribution >= 4 is 15.7 Å². The fraction of sp³-hybridized carbons (Fsp3) is 0.440. The van der Waals surface area contributed by atoms with E-state index in [4.69, 9.17) is 9.15 Å². The summed E-state index contributed by atoms with van der Waals surface area (Å²) in [6.45, 7) is 7.12. The van der Waals surface area contributed by atoms with Crippen LogP contribution in [0, 0.1) is 5.41 Å². The highest BCUT2D eigenvalue weighted by Crippen LogP contribution is 2.24. The van der Waals surface area contributed by atoms with Crippen LogP contribution >= 0.6 is 0 Å². The predicted octanol–water partition coefficient (Wildman–Crippen LogP) is 4.06. The van der Waals surface area contributed by atoms with Gasteiger partial charge in [0.05, 0.1) is 43.6 Å². The lowest BCUT2D eigenvalue weighted by molar-refractivity contribution is -0.134. The number of aromatic nitrogens is 2. The van der Waals surface area contributed by atoms with Crippen molar-refractivity contribution in [2.24, 2.45) is 5.41 Å². The number of carbonyl (C=O) groups is 1. The lowest BCUT2D eigenvalue weighted by Gasteiger charge is -2.26. The maximum Gasteiger partial charge on any atom is 0.228 e. The second kappa shape index (κ2) is 11.0. The number of rotatable bonds is 11. The van der Waals surface area contributed by atoms with Crippen LogP contribution in [-0.2, 0) is 44.8 Å². The second-order valence-electron chi connectivity index (χ2n) is 9.49. The standard InChI is InChI=1S/C25H33N3O5S/c1-25(2,3)15-23(29)27(18-22-11-8-13-33-22)17-21-16-26-24(28(21)12-14-32-4)34(30,31)19-20-9-6-5-7-10-20/h5-11,13,16H,12,14-15,17-19H2,1-4H3. The lowest BCUT2D eigenvalue weighted by Crippen LogP contribution is -2.33. The van der Waals surface area contributed by atoms with Crippen LogP contribution in [0.15, 0.2) is 64.5 Å². The van der Waals surface area contributed by atoms with Crippen molar-refractivity contribution < 1.29 is 22.4 Å². The van der Waals surface area contributed by atoms with Crippen molar-refractivity contribution in [3.63, 3.8) is 0 Å². The smallest absolute Gasteiger partial charge is 0.228 e. The Bertz CT molecular complexity index is 1160. The number of imidazole rings is 1. The molecule has 0 saturated carbocycles. The summed E-state index contributed by atoms with van der Waals surface area (Å²) in [5, 5.41) is -0.0235. The molecule has 2 heterocycles. The molecule has 0 radical (unpaired) electrons.